The Morgan fingerprint density at radius 1 is 0.969 bits per heavy atom. The summed E-state index contributed by atoms with van der Waals surface area (Å²) in [6.07, 6.45) is 11.5. The molecule has 10 nitrogen and oxygen atoms in total. The highest BCUT2D eigenvalue weighted by molar-refractivity contribution is 5.79. The topological polar surface area (TPSA) is 99.9 Å². The standard InChI is InChI=1S/C22H23N9O/c1-28-13-23-10-16(28)18-12-25-21-8-7-19(27-31(18)21)26-20-9-15-17(11-24-20)29(2)22(32)30(15)14-5-3-4-6-14/h7-14H,3-6H2,1-2H3,(H,24,26,27). The number of fused-ring (bicyclic) bond motifs is 2. The molecule has 5 aromatic rings. The Morgan fingerprint density at radius 2 is 1.81 bits per heavy atom. The largest absolute Gasteiger partial charge is 0.332 e. The highest BCUT2D eigenvalue weighted by Crippen LogP contribution is 2.31. The Hall–Kier alpha value is -3.95. The Morgan fingerprint density at radius 3 is 2.59 bits per heavy atom. The summed E-state index contributed by atoms with van der Waals surface area (Å²) in [5, 5.41) is 8.01. The quantitative estimate of drug-likeness (QED) is 0.471. The van der Waals surface area contributed by atoms with Gasteiger partial charge in [-0.3, -0.25) is 9.13 Å². The number of hydrogen-bond donors (Lipinski definition) is 1. The summed E-state index contributed by atoms with van der Waals surface area (Å²) in [7, 11) is 3.74. The molecule has 5 heterocycles. The first kappa shape index (κ1) is 18.8. The van der Waals surface area contributed by atoms with Crippen LogP contribution >= 0.6 is 0 Å². The van der Waals surface area contributed by atoms with E-state index in [1.54, 1.807) is 41.0 Å². The molecule has 0 spiro atoms. The van der Waals surface area contributed by atoms with E-state index in [0.717, 1.165) is 53.8 Å². The smallest absolute Gasteiger partial charge is 0.329 e. The fourth-order valence-electron chi connectivity index (χ4n) is 4.69. The minimum atomic E-state index is 0.0182. The number of nitrogens with zero attached hydrogens (tertiary/aromatic N) is 8. The van der Waals surface area contributed by atoms with Crippen molar-refractivity contribution in [3.05, 3.63) is 53.6 Å². The van der Waals surface area contributed by atoms with E-state index in [-0.39, 0.29) is 11.7 Å². The molecule has 10 heteroatoms. The second-order valence-electron chi connectivity index (χ2n) is 8.35. The molecule has 0 bridgehead atoms. The molecule has 6 rings (SSSR count). The Kier molecular flexibility index (Phi) is 4.14. The molecule has 0 unspecified atom stereocenters. The fourth-order valence-corrected chi connectivity index (χ4v) is 4.69. The zero-order valence-corrected chi connectivity index (χ0v) is 17.9. The molecule has 0 radical (unpaired) electrons. The summed E-state index contributed by atoms with van der Waals surface area (Å²) in [6, 6.07) is 5.97. The zero-order chi connectivity index (χ0) is 21.8. The van der Waals surface area contributed by atoms with Crippen LogP contribution in [0.5, 0.6) is 0 Å². The van der Waals surface area contributed by atoms with Gasteiger partial charge in [-0.25, -0.2) is 24.3 Å². The molecule has 0 aliphatic heterocycles. The van der Waals surface area contributed by atoms with Crippen LogP contribution in [0.4, 0.5) is 11.6 Å². The number of pyridine rings is 1. The van der Waals surface area contributed by atoms with Gasteiger partial charge in [0.15, 0.2) is 11.5 Å². The van der Waals surface area contributed by atoms with Crippen molar-refractivity contribution in [2.45, 2.75) is 31.7 Å². The molecule has 1 fully saturated rings. The fraction of sp³-hybridized carbons (Fsp3) is 0.318. The number of anilines is 2. The van der Waals surface area contributed by atoms with Gasteiger partial charge < -0.3 is 9.88 Å². The molecule has 1 aliphatic rings. The van der Waals surface area contributed by atoms with Gasteiger partial charge in [0.2, 0.25) is 0 Å². The van der Waals surface area contributed by atoms with Gasteiger partial charge in [0.1, 0.15) is 11.5 Å². The van der Waals surface area contributed by atoms with E-state index in [4.69, 9.17) is 5.10 Å². The van der Waals surface area contributed by atoms with E-state index < -0.39 is 0 Å². The monoisotopic (exact) mass is 429 g/mol. The van der Waals surface area contributed by atoms with Crippen LogP contribution < -0.4 is 11.0 Å². The van der Waals surface area contributed by atoms with Gasteiger partial charge in [0.05, 0.1) is 41.6 Å². The highest BCUT2D eigenvalue weighted by atomic mass is 16.1. The first-order valence-corrected chi connectivity index (χ1v) is 10.8. The normalized spacial score (nSPS) is 14.7. The van der Waals surface area contributed by atoms with Gasteiger partial charge in [-0.2, -0.15) is 0 Å². The minimum absolute atomic E-state index is 0.0182. The summed E-state index contributed by atoms with van der Waals surface area (Å²) in [5.74, 6) is 1.28. The maximum Gasteiger partial charge on any atom is 0.329 e. The summed E-state index contributed by atoms with van der Waals surface area (Å²) in [5.41, 5.74) is 4.28. The van der Waals surface area contributed by atoms with Crippen molar-refractivity contribution in [2.75, 3.05) is 5.32 Å². The number of aryl methyl sites for hydroxylation is 2. The third-order valence-electron chi connectivity index (χ3n) is 6.36. The predicted molar refractivity (Wildman–Crippen MR) is 121 cm³/mol. The average Bonchev–Trinajstić information content (AvgIpc) is 3.57. The van der Waals surface area contributed by atoms with Crippen LogP contribution in [0.15, 0.2) is 47.9 Å². The molecule has 1 N–H and O–H groups in total. The summed E-state index contributed by atoms with van der Waals surface area (Å²) in [6.45, 7) is 0. The van der Waals surface area contributed by atoms with Crippen molar-refractivity contribution in [1.29, 1.82) is 0 Å². The van der Waals surface area contributed by atoms with Gasteiger partial charge in [-0.15, -0.1) is 5.10 Å². The van der Waals surface area contributed by atoms with Crippen molar-refractivity contribution >= 4 is 28.3 Å². The number of aromatic nitrogens is 8. The summed E-state index contributed by atoms with van der Waals surface area (Å²) >= 11 is 0. The average molecular weight is 429 g/mol. The van der Waals surface area contributed by atoms with Gasteiger partial charge in [0, 0.05) is 26.2 Å². The van der Waals surface area contributed by atoms with E-state index in [1.165, 1.54) is 0 Å². The molecule has 32 heavy (non-hydrogen) atoms. The zero-order valence-electron chi connectivity index (χ0n) is 17.9. The van der Waals surface area contributed by atoms with Crippen molar-refractivity contribution < 1.29 is 0 Å². The van der Waals surface area contributed by atoms with Crippen molar-refractivity contribution in [3.63, 3.8) is 0 Å². The van der Waals surface area contributed by atoms with E-state index >= 15 is 0 Å². The molecule has 162 valence electrons. The van der Waals surface area contributed by atoms with Crippen molar-refractivity contribution in [2.24, 2.45) is 14.1 Å². The molecule has 0 saturated heterocycles. The molecular weight excluding hydrogens is 406 g/mol. The van der Waals surface area contributed by atoms with Crippen molar-refractivity contribution in [3.8, 4) is 11.4 Å². The molecular formula is C22H23N9O. The molecule has 1 saturated carbocycles. The molecule has 0 atom stereocenters. The van der Waals surface area contributed by atoms with Crippen LogP contribution in [-0.4, -0.2) is 38.3 Å². The molecule has 0 aromatic carbocycles. The third-order valence-corrected chi connectivity index (χ3v) is 6.36. The van der Waals surface area contributed by atoms with Gasteiger partial charge >= 0.3 is 5.69 Å². The maximum absolute atomic E-state index is 12.9. The van der Waals surface area contributed by atoms with E-state index in [1.807, 2.05) is 34.4 Å². The van der Waals surface area contributed by atoms with Crippen LogP contribution in [-0.2, 0) is 14.1 Å². The number of imidazole rings is 3. The Labute approximate surface area is 183 Å². The second-order valence-corrected chi connectivity index (χ2v) is 8.35. The highest BCUT2D eigenvalue weighted by Gasteiger charge is 2.23. The first-order chi connectivity index (χ1) is 15.6. The van der Waals surface area contributed by atoms with Gasteiger partial charge in [-0.1, -0.05) is 12.8 Å². The first-order valence-electron chi connectivity index (χ1n) is 10.8. The van der Waals surface area contributed by atoms with E-state index in [0.29, 0.717) is 11.6 Å². The number of rotatable bonds is 4. The Bertz CT molecular complexity index is 1510. The lowest BCUT2D eigenvalue weighted by atomic mass is 10.2. The number of nitrogens with one attached hydrogen (secondary N) is 1. The lowest BCUT2D eigenvalue weighted by molar-refractivity contribution is 0.509. The van der Waals surface area contributed by atoms with Crippen LogP contribution in [0.3, 0.4) is 0 Å². The van der Waals surface area contributed by atoms with Gasteiger partial charge in [-0.05, 0) is 25.0 Å². The number of hydrogen-bond acceptors (Lipinski definition) is 6. The third kappa shape index (κ3) is 2.83. The lowest BCUT2D eigenvalue weighted by Gasteiger charge is -2.12. The van der Waals surface area contributed by atoms with Crippen LogP contribution in [0.25, 0.3) is 28.1 Å². The van der Waals surface area contributed by atoms with E-state index in [9.17, 15) is 4.79 Å². The minimum Gasteiger partial charge on any atom is -0.332 e. The van der Waals surface area contributed by atoms with Crippen LogP contribution in [0.2, 0.25) is 0 Å². The van der Waals surface area contributed by atoms with Crippen LogP contribution in [0.1, 0.15) is 31.7 Å². The SMILES string of the molecule is Cn1cncc1-c1cnc2ccc(Nc3cc4c(cn3)n(C)c(=O)n4C3CCCC3)nn12. The van der Waals surface area contributed by atoms with Crippen molar-refractivity contribution in [1.82, 2.24) is 38.3 Å². The van der Waals surface area contributed by atoms with Crippen LogP contribution in [0, 0.1) is 0 Å². The molecule has 5 aromatic heterocycles. The van der Waals surface area contributed by atoms with E-state index in [2.05, 4.69) is 20.3 Å². The molecule has 0 amide bonds. The second kappa shape index (κ2) is 7.04. The Balaban J connectivity index is 1.40. The predicted octanol–water partition coefficient (Wildman–Crippen LogP) is 3.04. The maximum atomic E-state index is 12.9. The van der Waals surface area contributed by atoms with Gasteiger partial charge in [0.25, 0.3) is 0 Å². The summed E-state index contributed by atoms with van der Waals surface area (Å²) in [4.78, 5) is 26.1. The summed E-state index contributed by atoms with van der Waals surface area (Å²) < 4.78 is 7.33. The molecule has 1 aliphatic carbocycles. The lowest BCUT2D eigenvalue weighted by Crippen LogP contribution is -2.24.